The van der Waals surface area contributed by atoms with E-state index < -0.39 is 0 Å². The Bertz CT molecular complexity index is 835. The molecule has 2 aliphatic heterocycles. The van der Waals surface area contributed by atoms with Crippen LogP contribution in [0.5, 0.6) is 0 Å². The van der Waals surface area contributed by atoms with Crippen molar-refractivity contribution in [2.75, 3.05) is 12.4 Å². The van der Waals surface area contributed by atoms with Crippen LogP contribution < -0.4 is 10.6 Å². The van der Waals surface area contributed by atoms with Crippen LogP contribution in [0.3, 0.4) is 0 Å². The van der Waals surface area contributed by atoms with Gasteiger partial charge in [-0.3, -0.25) is 4.79 Å². The molecule has 3 spiro atoms. The normalized spacial score (nSPS) is 49.8. The summed E-state index contributed by atoms with van der Waals surface area (Å²) in [7, 11) is 1.54. The van der Waals surface area contributed by atoms with Crippen molar-refractivity contribution < 1.29 is 9.53 Å². The standard InChI is InChI=1S/C21H24N2O2/c1-12-19-9-10-22-16-7-8-20(17(16)19)13-5-3-4-6-15(13)23-21(12,20)14(11-19)18(24)25-2/h3-6,9-10,12,14,16-17,22-23H,7-8,11H2,1-2H3/t12-,14-,16+,17+,19-,20-,21-/m0/s1. The molecule has 0 aromatic heterocycles. The number of nitrogens with one attached hydrogen (secondary N) is 2. The second-order valence-corrected chi connectivity index (χ2v) is 8.75. The number of anilines is 1. The highest BCUT2D eigenvalue weighted by Crippen LogP contribution is 2.81. The van der Waals surface area contributed by atoms with Crippen molar-refractivity contribution in [3.63, 3.8) is 0 Å². The molecule has 130 valence electrons. The molecule has 4 heteroatoms. The molecule has 0 radical (unpaired) electrons. The van der Waals surface area contributed by atoms with Gasteiger partial charge in [0.1, 0.15) is 0 Å². The Kier molecular flexibility index (Phi) is 2.31. The van der Waals surface area contributed by atoms with Gasteiger partial charge in [0, 0.05) is 28.5 Å². The first-order valence-electron chi connectivity index (χ1n) is 9.51. The molecule has 3 fully saturated rings. The maximum absolute atomic E-state index is 12.9. The summed E-state index contributed by atoms with van der Waals surface area (Å²) in [5, 5.41) is 7.57. The molecule has 5 aliphatic rings. The quantitative estimate of drug-likeness (QED) is 0.775. The van der Waals surface area contributed by atoms with Gasteiger partial charge in [0.05, 0.1) is 18.6 Å². The fourth-order valence-electron chi connectivity index (χ4n) is 8.13. The lowest BCUT2D eigenvalue weighted by Crippen LogP contribution is -2.61. The highest BCUT2D eigenvalue weighted by atomic mass is 16.5. The minimum Gasteiger partial charge on any atom is -0.469 e. The fourth-order valence-corrected chi connectivity index (χ4v) is 8.13. The van der Waals surface area contributed by atoms with Gasteiger partial charge in [0.25, 0.3) is 0 Å². The molecular weight excluding hydrogens is 312 g/mol. The van der Waals surface area contributed by atoms with E-state index in [9.17, 15) is 4.79 Å². The number of hydrogen-bond donors (Lipinski definition) is 2. The first-order valence-corrected chi connectivity index (χ1v) is 9.51. The predicted octanol–water partition coefficient (Wildman–Crippen LogP) is 2.81. The number of para-hydroxylation sites is 1. The second-order valence-electron chi connectivity index (χ2n) is 8.75. The Morgan fingerprint density at radius 2 is 2.16 bits per heavy atom. The Morgan fingerprint density at radius 3 is 3.00 bits per heavy atom. The van der Waals surface area contributed by atoms with Gasteiger partial charge in [-0.25, -0.2) is 0 Å². The number of carbonyl (C=O) groups excluding carboxylic acids is 1. The summed E-state index contributed by atoms with van der Waals surface area (Å²) in [4.78, 5) is 12.9. The first-order chi connectivity index (χ1) is 12.1. The fraction of sp³-hybridized carbons (Fsp3) is 0.571. The maximum atomic E-state index is 12.9. The van der Waals surface area contributed by atoms with Crippen LogP contribution in [0.15, 0.2) is 36.5 Å². The van der Waals surface area contributed by atoms with Crippen molar-refractivity contribution in [2.24, 2.45) is 23.2 Å². The molecule has 3 aliphatic carbocycles. The molecule has 6 rings (SSSR count). The first kappa shape index (κ1) is 14.2. The zero-order chi connectivity index (χ0) is 17.0. The highest BCUT2D eigenvalue weighted by Gasteiger charge is 2.85. The van der Waals surface area contributed by atoms with E-state index in [0.29, 0.717) is 17.9 Å². The molecule has 7 atom stereocenters. The van der Waals surface area contributed by atoms with Crippen LogP contribution >= 0.6 is 0 Å². The van der Waals surface area contributed by atoms with Gasteiger partial charge in [-0.15, -0.1) is 0 Å². The van der Waals surface area contributed by atoms with Crippen molar-refractivity contribution >= 4 is 11.7 Å². The highest BCUT2D eigenvalue weighted by molar-refractivity contribution is 5.82. The Labute approximate surface area is 148 Å². The molecule has 2 bridgehead atoms. The molecule has 25 heavy (non-hydrogen) atoms. The molecule has 0 unspecified atom stereocenters. The van der Waals surface area contributed by atoms with Crippen LogP contribution in [0.4, 0.5) is 5.69 Å². The van der Waals surface area contributed by atoms with Crippen molar-refractivity contribution in [3.05, 3.63) is 42.1 Å². The number of fused-ring (bicyclic) bond motifs is 1. The van der Waals surface area contributed by atoms with Crippen molar-refractivity contribution in [3.8, 4) is 0 Å². The third-order valence-electron chi connectivity index (χ3n) is 8.64. The van der Waals surface area contributed by atoms with Crippen LogP contribution in [-0.4, -0.2) is 24.7 Å². The summed E-state index contributed by atoms with van der Waals surface area (Å²) in [5.74, 6) is 0.828. The zero-order valence-corrected chi connectivity index (χ0v) is 14.7. The van der Waals surface area contributed by atoms with E-state index in [4.69, 9.17) is 4.74 Å². The summed E-state index contributed by atoms with van der Waals surface area (Å²) < 4.78 is 5.30. The molecule has 1 aromatic carbocycles. The van der Waals surface area contributed by atoms with Gasteiger partial charge in [0.15, 0.2) is 0 Å². The number of rotatable bonds is 1. The van der Waals surface area contributed by atoms with Crippen molar-refractivity contribution in [1.29, 1.82) is 0 Å². The van der Waals surface area contributed by atoms with Gasteiger partial charge < -0.3 is 15.4 Å². The number of esters is 1. The van der Waals surface area contributed by atoms with Crippen molar-refractivity contribution in [2.45, 2.75) is 43.2 Å². The van der Waals surface area contributed by atoms with Crippen LogP contribution in [-0.2, 0) is 14.9 Å². The lowest BCUT2D eigenvalue weighted by atomic mass is 9.55. The van der Waals surface area contributed by atoms with E-state index in [1.165, 1.54) is 24.8 Å². The van der Waals surface area contributed by atoms with E-state index in [2.05, 4.69) is 54.1 Å². The largest absolute Gasteiger partial charge is 0.469 e. The number of hydrogen-bond acceptors (Lipinski definition) is 4. The average molecular weight is 336 g/mol. The van der Waals surface area contributed by atoms with Gasteiger partial charge in [0.2, 0.25) is 0 Å². The monoisotopic (exact) mass is 336 g/mol. The second kappa shape index (κ2) is 4.05. The summed E-state index contributed by atoms with van der Waals surface area (Å²) in [6.07, 6.45) is 7.77. The smallest absolute Gasteiger partial charge is 0.311 e. The maximum Gasteiger partial charge on any atom is 0.311 e. The van der Waals surface area contributed by atoms with Crippen molar-refractivity contribution in [1.82, 2.24) is 5.32 Å². The molecule has 1 aromatic rings. The summed E-state index contributed by atoms with van der Waals surface area (Å²) in [6, 6.07) is 9.27. The van der Waals surface area contributed by atoms with Crippen LogP contribution in [0.1, 0.15) is 31.7 Å². The van der Waals surface area contributed by atoms with E-state index >= 15 is 0 Å². The molecule has 4 nitrogen and oxygen atoms in total. The van der Waals surface area contributed by atoms with E-state index in [0.717, 1.165) is 12.8 Å². The third-order valence-corrected chi connectivity index (χ3v) is 8.64. The minimum atomic E-state index is -0.223. The molecule has 0 amide bonds. The number of benzene rings is 1. The molecular formula is C21H24N2O2. The van der Waals surface area contributed by atoms with E-state index in [1.54, 1.807) is 0 Å². The van der Waals surface area contributed by atoms with Crippen LogP contribution in [0, 0.1) is 23.2 Å². The molecule has 2 N–H and O–H groups in total. The number of methoxy groups -OCH3 is 1. The number of allylic oxidation sites excluding steroid dienone is 1. The Hall–Kier alpha value is -1.97. The topological polar surface area (TPSA) is 50.4 Å². The summed E-state index contributed by atoms with van der Waals surface area (Å²) >= 11 is 0. The van der Waals surface area contributed by atoms with Gasteiger partial charge in [-0.05, 0) is 43.0 Å². The third kappa shape index (κ3) is 1.17. The van der Waals surface area contributed by atoms with E-state index in [1.807, 2.05) is 0 Å². The summed E-state index contributed by atoms with van der Waals surface area (Å²) in [6.45, 7) is 2.37. The lowest BCUT2D eigenvalue weighted by molar-refractivity contribution is -0.149. The zero-order valence-electron chi connectivity index (χ0n) is 14.7. The molecule has 2 heterocycles. The lowest BCUT2D eigenvalue weighted by Gasteiger charge is -2.50. The SMILES string of the molecule is COC(=O)[C@@H]1C[C@@]23C=CN[C@@H]4CC[C@]5(c6ccccc6N[C@@]15[C@H]2C)[C@H]43. The number of ether oxygens (including phenoxy) is 1. The predicted molar refractivity (Wildman–Crippen MR) is 95.0 cm³/mol. The Balaban J connectivity index is 1.69. The molecule has 0 saturated heterocycles. The van der Waals surface area contributed by atoms with Crippen LogP contribution in [0.25, 0.3) is 0 Å². The van der Waals surface area contributed by atoms with Gasteiger partial charge in [-0.1, -0.05) is 31.2 Å². The van der Waals surface area contributed by atoms with E-state index in [-0.39, 0.29) is 28.3 Å². The number of carbonyl (C=O) groups is 1. The Morgan fingerprint density at radius 1 is 1.32 bits per heavy atom. The molecule has 3 saturated carbocycles. The van der Waals surface area contributed by atoms with Crippen LogP contribution in [0.2, 0.25) is 0 Å². The minimum absolute atomic E-state index is 0.0303. The summed E-state index contributed by atoms with van der Waals surface area (Å²) in [5.41, 5.74) is 2.56. The van der Waals surface area contributed by atoms with Gasteiger partial charge >= 0.3 is 5.97 Å². The van der Waals surface area contributed by atoms with Gasteiger partial charge in [-0.2, -0.15) is 0 Å². The average Bonchev–Trinajstić information content (AvgIpc) is 3.29.